The molecule has 6 nitrogen and oxygen atoms in total. The summed E-state index contributed by atoms with van der Waals surface area (Å²) in [7, 11) is 3.16. The Morgan fingerprint density at radius 3 is 2.56 bits per heavy atom. The van der Waals surface area contributed by atoms with E-state index in [1.54, 1.807) is 31.3 Å². The van der Waals surface area contributed by atoms with Crippen LogP contribution in [0.2, 0.25) is 0 Å². The summed E-state index contributed by atoms with van der Waals surface area (Å²) in [5.41, 5.74) is 3.31. The van der Waals surface area contributed by atoms with Crippen molar-refractivity contribution < 1.29 is 9.53 Å². The maximum Gasteiger partial charge on any atom is 0.282 e. The van der Waals surface area contributed by atoms with Gasteiger partial charge >= 0.3 is 0 Å². The predicted molar refractivity (Wildman–Crippen MR) is 97.4 cm³/mol. The first-order chi connectivity index (χ1) is 11.9. The molecule has 0 radical (unpaired) electrons. The fourth-order valence-corrected chi connectivity index (χ4v) is 2.66. The summed E-state index contributed by atoms with van der Waals surface area (Å²) in [6, 6.07) is 10.8. The zero-order valence-electron chi connectivity index (χ0n) is 14.6. The molecule has 1 heterocycles. The number of amides is 1. The van der Waals surface area contributed by atoms with E-state index in [2.05, 4.69) is 10.3 Å². The van der Waals surface area contributed by atoms with Gasteiger partial charge in [-0.15, -0.1) is 0 Å². The van der Waals surface area contributed by atoms with Gasteiger partial charge in [-0.2, -0.15) is 0 Å². The van der Waals surface area contributed by atoms with Gasteiger partial charge in [-0.05, 0) is 49.2 Å². The third-order valence-corrected chi connectivity index (χ3v) is 4.26. The lowest BCUT2D eigenvalue weighted by Gasteiger charge is -2.12. The van der Waals surface area contributed by atoms with Crippen LogP contribution in [0.15, 0.2) is 41.2 Å². The molecule has 0 unspecified atom stereocenters. The summed E-state index contributed by atoms with van der Waals surface area (Å²) < 4.78 is 6.67. The number of hydrogen-bond donors (Lipinski definition) is 1. The Morgan fingerprint density at radius 2 is 1.84 bits per heavy atom. The molecule has 0 aliphatic heterocycles. The number of rotatable bonds is 3. The van der Waals surface area contributed by atoms with Crippen LogP contribution in [0.25, 0.3) is 11.0 Å². The van der Waals surface area contributed by atoms with Gasteiger partial charge in [0.1, 0.15) is 5.75 Å². The Balaban J connectivity index is 2.09. The topological polar surface area (TPSA) is 73.2 Å². The number of nitrogens with zero attached hydrogens (tertiary/aromatic N) is 2. The van der Waals surface area contributed by atoms with Crippen LogP contribution in [-0.4, -0.2) is 22.6 Å². The van der Waals surface area contributed by atoms with Crippen molar-refractivity contribution in [2.24, 2.45) is 7.05 Å². The summed E-state index contributed by atoms with van der Waals surface area (Å²) in [4.78, 5) is 29.5. The molecule has 0 aliphatic rings. The number of aromatic nitrogens is 2. The van der Waals surface area contributed by atoms with E-state index in [-0.39, 0.29) is 5.69 Å². The smallest absolute Gasteiger partial charge is 0.282 e. The van der Waals surface area contributed by atoms with Gasteiger partial charge < -0.3 is 14.6 Å². The molecular formula is C19H19N3O3. The number of aryl methyl sites for hydroxylation is 3. The average Bonchev–Trinajstić information content (AvgIpc) is 2.60. The molecule has 128 valence electrons. The molecule has 0 spiro atoms. The van der Waals surface area contributed by atoms with Gasteiger partial charge in [0.2, 0.25) is 0 Å². The predicted octanol–water partition coefficient (Wildman–Crippen LogP) is 2.81. The van der Waals surface area contributed by atoms with E-state index in [1.165, 1.54) is 11.7 Å². The molecule has 3 rings (SSSR count). The van der Waals surface area contributed by atoms with E-state index in [1.807, 2.05) is 26.0 Å². The summed E-state index contributed by atoms with van der Waals surface area (Å²) >= 11 is 0. The van der Waals surface area contributed by atoms with Crippen LogP contribution >= 0.6 is 0 Å². The summed E-state index contributed by atoms with van der Waals surface area (Å²) in [6.45, 7) is 3.94. The van der Waals surface area contributed by atoms with E-state index < -0.39 is 11.5 Å². The van der Waals surface area contributed by atoms with Gasteiger partial charge in [-0.25, -0.2) is 4.98 Å². The second-order valence-corrected chi connectivity index (χ2v) is 5.90. The van der Waals surface area contributed by atoms with Gasteiger partial charge in [0.15, 0.2) is 5.69 Å². The molecule has 1 amide bonds. The first-order valence-electron chi connectivity index (χ1n) is 7.84. The number of ether oxygens (including phenoxy) is 1. The average molecular weight is 337 g/mol. The molecule has 0 saturated heterocycles. The Labute approximate surface area is 145 Å². The highest BCUT2D eigenvalue weighted by atomic mass is 16.5. The highest BCUT2D eigenvalue weighted by Gasteiger charge is 2.18. The van der Waals surface area contributed by atoms with Gasteiger partial charge in [-0.1, -0.05) is 12.1 Å². The minimum absolute atomic E-state index is 0.149. The van der Waals surface area contributed by atoms with E-state index in [0.29, 0.717) is 22.5 Å². The van der Waals surface area contributed by atoms with Crippen LogP contribution in [0.3, 0.4) is 0 Å². The third kappa shape index (κ3) is 2.98. The molecule has 1 N–H and O–H groups in total. The zero-order chi connectivity index (χ0) is 18.1. The summed E-state index contributed by atoms with van der Waals surface area (Å²) in [5.74, 6) is -0.0508. The molecule has 25 heavy (non-hydrogen) atoms. The van der Waals surface area contributed by atoms with E-state index >= 15 is 0 Å². The minimum atomic E-state index is -0.565. The fourth-order valence-electron chi connectivity index (χ4n) is 2.66. The van der Waals surface area contributed by atoms with E-state index in [9.17, 15) is 9.59 Å². The zero-order valence-corrected chi connectivity index (χ0v) is 14.6. The lowest BCUT2D eigenvalue weighted by Crippen LogP contribution is -2.30. The maximum absolute atomic E-state index is 12.6. The minimum Gasteiger partial charge on any atom is -0.495 e. The number of carbonyl (C=O) groups excluding carboxylic acids is 1. The molecule has 0 saturated carbocycles. The van der Waals surface area contributed by atoms with Crippen molar-refractivity contribution in [3.8, 4) is 5.75 Å². The van der Waals surface area contributed by atoms with Crippen molar-refractivity contribution in [3.63, 3.8) is 0 Å². The molecule has 0 aliphatic carbocycles. The largest absolute Gasteiger partial charge is 0.495 e. The Hall–Kier alpha value is -3.15. The lowest BCUT2D eigenvalue weighted by molar-refractivity contribution is 0.102. The Kier molecular flexibility index (Phi) is 4.27. The molecule has 0 fully saturated rings. The molecule has 3 aromatic rings. The monoisotopic (exact) mass is 337 g/mol. The van der Waals surface area contributed by atoms with Crippen LogP contribution in [0.5, 0.6) is 5.75 Å². The van der Waals surface area contributed by atoms with Crippen LogP contribution < -0.4 is 15.6 Å². The molecule has 6 heteroatoms. The molecule has 2 aromatic carbocycles. The Morgan fingerprint density at radius 1 is 1.16 bits per heavy atom. The lowest BCUT2D eigenvalue weighted by atomic mass is 10.1. The van der Waals surface area contributed by atoms with Crippen molar-refractivity contribution in [1.29, 1.82) is 0 Å². The molecular weight excluding hydrogens is 318 g/mol. The van der Waals surface area contributed by atoms with Gasteiger partial charge in [0, 0.05) is 7.05 Å². The number of carbonyl (C=O) groups is 1. The quantitative estimate of drug-likeness (QED) is 0.797. The van der Waals surface area contributed by atoms with Crippen molar-refractivity contribution in [2.75, 3.05) is 12.4 Å². The van der Waals surface area contributed by atoms with E-state index in [4.69, 9.17) is 4.74 Å². The van der Waals surface area contributed by atoms with Crippen LogP contribution in [0.1, 0.15) is 21.6 Å². The third-order valence-electron chi connectivity index (χ3n) is 4.26. The van der Waals surface area contributed by atoms with Crippen LogP contribution in [0.4, 0.5) is 5.69 Å². The van der Waals surface area contributed by atoms with Crippen molar-refractivity contribution in [1.82, 2.24) is 9.55 Å². The first-order valence-corrected chi connectivity index (χ1v) is 7.84. The fraction of sp³-hybridized carbons (Fsp3) is 0.211. The SMILES string of the molecule is COc1ccccc1NC(=O)c1nc2cc(C)c(C)cc2n(C)c1=O. The Bertz CT molecular complexity index is 1040. The van der Waals surface area contributed by atoms with Gasteiger partial charge in [-0.3, -0.25) is 9.59 Å². The standard InChI is InChI=1S/C19H19N3O3/c1-11-9-14-15(10-12(11)2)22(3)19(24)17(20-14)18(23)21-13-7-5-6-8-16(13)25-4/h5-10H,1-4H3,(H,21,23). The molecule has 0 bridgehead atoms. The number of nitrogens with one attached hydrogen (secondary N) is 1. The van der Waals surface area contributed by atoms with Crippen LogP contribution in [-0.2, 0) is 7.05 Å². The number of fused-ring (bicyclic) bond motifs is 1. The van der Waals surface area contributed by atoms with Crippen LogP contribution in [0, 0.1) is 13.8 Å². The second-order valence-electron chi connectivity index (χ2n) is 5.90. The number of methoxy groups -OCH3 is 1. The van der Waals surface area contributed by atoms with Crippen molar-refractivity contribution in [3.05, 3.63) is 63.6 Å². The highest BCUT2D eigenvalue weighted by molar-refractivity contribution is 6.04. The van der Waals surface area contributed by atoms with Crippen molar-refractivity contribution >= 4 is 22.6 Å². The van der Waals surface area contributed by atoms with Gasteiger partial charge in [0.25, 0.3) is 11.5 Å². The first kappa shape index (κ1) is 16.7. The van der Waals surface area contributed by atoms with Crippen molar-refractivity contribution in [2.45, 2.75) is 13.8 Å². The summed E-state index contributed by atoms with van der Waals surface area (Å²) in [6.07, 6.45) is 0. The maximum atomic E-state index is 12.6. The number of benzene rings is 2. The normalized spacial score (nSPS) is 10.7. The van der Waals surface area contributed by atoms with Gasteiger partial charge in [0.05, 0.1) is 23.8 Å². The number of para-hydroxylation sites is 2. The molecule has 0 atom stereocenters. The number of hydrogen-bond acceptors (Lipinski definition) is 4. The molecule has 1 aromatic heterocycles. The summed E-state index contributed by atoms with van der Waals surface area (Å²) in [5, 5.41) is 2.70. The highest BCUT2D eigenvalue weighted by Crippen LogP contribution is 2.23. The van der Waals surface area contributed by atoms with E-state index in [0.717, 1.165) is 11.1 Å². The number of anilines is 1. The second kappa shape index (κ2) is 6.39.